The van der Waals surface area contributed by atoms with E-state index in [0.29, 0.717) is 17.0 Å². The van der Waals surface area contributed by atoms with E-state index in [9.17, 15) is 14.4 Å². The first kappa shape index (κ1) is 16.7. The molecule has 2 rings (SSSR count). The zero-order valence-electron chi connectivity index (χ0n) is 13.7. The minimum absolute atomic E-state index is 0.147. The van der Waals surface area contributed by atoms with E-state index in [0.717, 1.165) is 5.56 Å². The Morgan fingerprint density at radius 1 is 1.09 bits per heavy atom. The van der Waals surface area contributed by atoms with Crippen LogP contribution in [0.4, 0.5) is 5.69 Å². The number of rotatable bonds is 5. The van der Waals surface area contributed by atoms with E-state index >= 15 is 0 Å². The molecular formula is C17H19N3O3. The molecule has 1 aliphatic heterocycles. The van der Waals surface area contributed by atoms with E-state index in [1.165, 1.54) is 18.7 Å². The number of benzene rings is 1. The van der Waals surface area contributed by atoms with E-state index < -0.39 is 6.04 Å². The highest BCUT2D eigenvalue weighted by atomic mass is 16.2. The van der Waals surface area contributed by atoms with Gasteiger partial charge in [0.15, 0.2) is 17.6 Å². The fourth-order valence-corrected chi connectivity index (χ4v) is 2.48. The van der Waals surface area contributed by atoms with Crippen LogP contribution in [0.15, 0.2) is 45.8 Å². The smallest absolute Gasteiger partial charge is 0.224 e. The molecule has 6 nitrogen and oxygen atoms in total. The van der Waals surface area contributed by atoms with Crippen molar-refractivity contribution in [3.63, 3.8) is 0 Å². The highest BCUT2D eigenvalue weighted by molar-refractivity contribution is 6.07. The SMILES string of the molecule is CC(=O)C1=C(C)N=NC1C(=O)CN(C(C)=O)c1ccc(C)cc1. The van der Waals surface area contributed by atoms with Crippen LogP contribution in [0.3, 0.4) is 0 Å². The van der Waals surface area contributed by atoms with Crippen molar-refractivity contribution in [1.82, 2.24) is 0 Å². The predicted molar refractivity (Wildman–Crippen MR) is 86.2 cm³/mol. The van der Waals surface area contributed by atoms with Crippen LogP contribution in [0.2, 0.25) is 0 Å². The number of anilines is 1. The molecule has 23 heavy (non-hydrogen) atoms. The first-order chi connectivity index (χ1) is 10.8. The van der Waals surface area contributed by atoms with Gasteiger partial charge in [-0.1, -0.05) is 17.7 Å². The molecule has 0 aromatic heterocycles. The number of carbonyl (C=O) groups excluding carboxylic acids is 3. The molecule has 1 aromatic rings. The summed E-state index contributed by atoms with van der Waals surface area (Å²) in [4.78, 5) is 37.5. The van der Waals surface area contributed by atoms with Gasteiger partial charge in [-0.2, -0.15) is 10.2 Å². The Balaban J connectivity index is 2.23. The number of nitrogens with zero attached hydrogens (tertiary/aromatic N) is 3. The van der Waals surface area contributed by atoms with Crippen molar-refractivity contribution >= 4 is 23.2 Å². The Morgan fingerprint density at radius 2 is 1.70 bits per heavy atom. The molecule has 1 atom stereocenters. The van der Waals surface area contributed by atoms with Gasteiger partial charge in [0, 0.05) is 12.6 Å². The second-order valence-electron chi connectivity index (χ2n) is 5.58. The molecule has 0 spiro atoms. The van der Waals surface area contributed by atoms with Gasteiger partial charge in [-0.05, 0) is 32.9 Å². The Bertz CT molecular complexity index is 717. The van der Waals surface area contributed by atoms with E-state index in [4.69, 9.17) is 0 Å². The summed E-state index contributed by atoms with van der Waals surface area (Å²) >= 11 is 0. The fraction of sp³-hybridized carbons (Fsp3) is 0.353. The average molecular weight is 313 g/mol. The first-order valence-electron chi connectivity index (χ1n) is 7.31. The van der Waals surface area contributed by atoms with Crippen molar-refractivity contribution in [2.24, 2.45) is 10.2 Å². The molecule has 0 saturated heterocycles. The van der Waals surface area contributed by atoms with Crippen LogP contribution in [0.5, 0.6) is 0 Å². The third-order valence-corrected chi connectivity index (χ3v) is 3.71. The van der Waals surface area contributed by atoms with Crippen LogP contribution in [-0.2, 0) is 14.4 Å². The van der Waals surface area contributed by atoms with Gasteiger partial charge < -0.3 is 4.90 Å². The lowest BCUT2D eigenvalue weighted by Gasteiger charge is -2.22. The zero-order valence-corrected chi connectivity index (χ0v) is 13.7. The third-order valence-electron chi connectivity index (χ3n) is 3.71. The van der Waals surface area contributed by atoms with Gasteiger partial charge in [-0.3, -0.25) is 14.4 Å². The maximum atomic E-state index is 12.5. The topological polar surface area (TPSA) is 79.2 Å². The zero-order chi connectivity index (χ0) is 17.1. The average Bonchev–Trinajstić information content (AvgIpc) is 2.87. The van der Waals surface area contributed by atoms with Gasteiger partial charge in [0.1, 0.15) is 0 Å². The van der Waals surface area contributed by atoms with Gasteiger partial charge in [-0.15, -0.1) is 0 Å². The summed E-state index contributed by atoms with van der Waals surface area (Å²) in [6.45, 7) is 6.23. The number of Topliss-reactive ketones (excluding diaryl/α,β-unsaturated/α-hetero) is 2. The molecule has 120 valence electrons. The van der Waals surface area contributed by atoms with Crippen molar-refractivity contribution < 1.29 is 14.4 Å². The molecule has 0 radical (unpaired) electrons. The van der Waals surface area contributed by atoms with Crippen LogP contribution >= 0.6 is 0 Å². The molecule has 1 aromatic carbocycles. The number of amides is 1. The molecule has 0 bridgehead atoms. The molecule has 0 fully saturated rings. The lowest BCUT2D eigenvalue weighted by molar-refractivity contribution is -0.122. The van der Waals surface area contributed by atoms with Gasteiger partial charge in [0.2, 0.25) is 5.91 Å². The van der Waals surface area contributed by atoms with Gasteiger partial charge in [0.25, 0.3) is 0 Å². The van der Waals surface area contributed by atoms with E-state index in [1.54, 1.807) is 19.1 Å². The second-order valence-corrected chi connectivity index (χ2v) is 5.58. The van der Waals surface area contributed by atoms with Crippen molar-refractivity contribution in [2.75, 3.05) is 11.4 Å². The molecule has 0 aliphatic carbocycles. The molecular weight excluding hydrogens is 294 g/mol. The quantitative estimate of drug-likeness (QED) is 0.838. The number of allylic oxidation sites excluding steroid dienone is 1. The minimum Gasteiger partial charge on any atom is -0.305 e. The summed E-state index contributed by atoms with van der Waals surface area (Å²) in [6, 6.07) is 6.40. The van der Waals surface area contributed by atoms with E-state index in [2.05, 4.69) is 10.2 Å². The summed E-state index contributed by atoms with van der Waals surface area (Å²) < 4.78 is 0. The number of carbonyl (C=O) groups is 3. The monoisotopic (exact) mass is 313 g/mol. The highest BCUT2D eigenvalue weighted by Crippen LogP contribution is 2.24. The molecule has 0 saturated carbocycles. The van der Waals surface area contributed by atoms with E-state index in [1.807, 2.05) is 19.1 Å². The first-order valence-corrected chi connectivity index (χ1v) is 7.31. The molecule has 1 heterocycles. The third kappa shape index (κ3) is 3.59. The van der Waals surface area contributed by atoms with Crippen molar-refractivity contribution in [3.05, 3.63) is 41.1 Å². The number of ketones is 2. The maximum Gasteiger partial charge on any atom is 0.224 e. The van der Waals surface area contributed by atoms with Crippen LogP contribution in [0, 0.1) is 6.92 Å². The fourth-order valence-electron chi connectivity index (χ4n) is 2.48. The Morgan fingerprint density at radius 3 is 2.22 bits per heavy atom. The number of hydrogen-bond donors (Lipinski definition) is 0. The Hall–Kier alpha value is -2.63. The molecule has 1 amide bonds. The molecule has 0 N–H and O–H groups in total. The normalized spacial score (nSPS) is 16.6. The predicted octanol–water partition coefficient (Wildman–Crippen LogP) is 2.61. The summed E-state index contributed by atoms with van der Waals surface area (Å²) in [6.07, 6.45) is 0. The summed E-state index contributed by atoms with van der Waals surface area (Å²) in [7, 11) is 0. The van der Waals surface area contributed by atoms with Crippen molar-refractivity contribution in [2.45, 2.75) is 33.7 Å². The number of aryl methyl sites for hydroxylation is 1. The molecule has 1 unspecified atom stereocenters. The highest BCUT2D eigenvalue weighted by Gasteiger charge is 2.33. The number of azo groups is 1. The Kier molecular flexibility index (Phi) is 4.83. The van der Waals surface area contributed by atoms with Gasteiger partial charge >= 0.3 is 0 Å². The second kappa shape index (κ2) is 6.64. The van der Waals surface area contributed by atoms with Crippen LogP contribution < -0.4 is 4.90 Å². The van der Waals surface area contributed by atoms with Gasteiger partial charge in [-0.25, -0.2) is 0 Å². The standard InChI is InChI=1S/C17H19N3O3/c1-10-5-7-14(8-6-10)20(13(4)22)9-15(23)17-16(12(3)21)11(2)18-19-17/h5-8,17H,9H2,1-4H3. The maximum absolute atomic E-state index is 12.5. The molecule has 1 aliphatic rings. The largest absolute Gasteiger partial charge is 0.305 e. The van der Waals surface area contributed by atoms with Crippen LogP contribution in [0.25, 0.3) is 0 Å². The minimum atomic E-state index is -0.917. The summed E-state index contributed by atoms with van der Waals surface area (Å²) in [5.74, 6) is -0.802. The van der Waals surface area contributed by atoms with E-state index in [-0.39, 0.29) is 24.0 Å². The lowest BCUT2D eigenvalue weighted by Crippen LogP contribution is -2.38. The van der Waals surface area contributed by atoms with Crippen molar-refractivity contribution in [3.8, 4) is 0 Å². The lowest BCUT2D eigenvalue weighted by atomic mass is 9.99. The summed E-state index contributed by atoms with van der Waals surface area (Å²) in [5.41, 5.74) is 2.46. The summed E-state index contributed by atoms with van der Waals surface area (Å²) in [5, 5.41) is 7.72. The van der Waals surface area contributed by atoms with Crippen LogP contribution in [0.1, 0.15) is 26.3 Å². The van der Waals surface area contributed by atoms with Crippen molar-refractivity contribution in [1.29, 1.82) is 0 Å². The number of hydrogen-bond acceptors (Lipinski definition) is 5. The Labute approximate surface area is 134 Å². The van der Waals surface area contributed by atoms with Crippen LogP contribution in [-0.4, -0.2) is 30.1 Å². The van der Waals surface area contributed by atoms with Gasteiger partial charge in [0.05, 0.1) is 17.8 Å². The molecule has 6 heteroatoms.